The molecule has 3 nitrogen and oxygen atoms in total. The molecule has 0 radical (unpaired) electrons. The highest BCUT2D eigenvalue weighted by Crippen LogP contribution is 2.29. The molecular weight excluding hydrogens is 248 g/mol. The summed E-state index contributed by atoms with van der Waals surface area (Å²) < 4.78 is 0. The molecule has 3 heteroatoms. The Kier molecular flexibility index (Phi) is 3.11. The van der Waals surface area contributed by atoms with E-state index in [2.05, 4.69) is 4.99 Å². The third-order valence-electron chi connectivity index (χ3n) is 3.62. The van der Waals surface area contributed by atoms with E-state index in [-0.39, 0.29) is 12.5 Å². The minimum absolute atomic E-state index is 0.0199. The number of anilines is 1. The first-order valence-corrected chi connectivity index (χ1v) is 6.65. The van der Waals surface area contributed by atoms with Crippen LogP contribution >= 0.6 is 0 Å². The van der Waals surface area contributed by atoms with E-state index < -0.39 is 0 Å². The number of benzene rings is 2. The number of hydrogen-bond donors (Lipinski definition) is 0. The molecule has 1 amide bonds. The van der Waals surface area contributed by atoms with Crippen molar-refractivity contribution in [2.24, 2.45) is 4.99 Å². The molecule has 1 heterocycles. The van der Waals surface area contributed by atoms with Crippen LogP contribution in [0.15, 0.2) is 53.5 Å². The van der Waals surface area contributed by atoms with Crippen LogP contribution in [0.1, 0.15) is 16.7 Å². The van der Waals surface area contributed by atoms with Gasteiger partial charge in [-0.3, -0.25) is 9.79 Å². The summed E-state index contributed by atoms with van der Waals surface area (Å²) in [5, 5.41) is 0. The van der Waals surface area contributed by atoms with Gasteiger partial charge in [0.2, 0.25) is 5.91 Å². The second-order valence-electron chi connectivity index (χ2n) is 4.95. The van der Waals surface area contributed by atoms with Crippen molar-refractivity contribution >= 4 is 17.3 Å². The van der Waals surface area contributed by atoms with Gasteiger partial charge >= 0.3 is 0 Å². The molecule has 20 heavy (non-hydrogen) atoms. The van der Waals surface area contributed by atoms with Gasteiger partial charge in [0.25, 0.3) is 0 Å². The number of benzodiazepines with no additional fused rings is 1. The Labute approximate surface area is 118 Å². The molecule has 0 aliphatic carbocycles. The Hall–Kier alpha value is -2.42. The Morgan fingerprint density at radius 1 is 1.05 bits per heavy atom. The first-order valence-electron chi connectivity index (χ1n) is 6.65. The van der Waals surface area contributed by atoms with Gasteiger partial charge in [-0.25, -0.2) is 0 Å². The lowest BCUT2D eigenvalue weighted by Gasteiger charge is -2.20. The maximum atomic E-state index is 12.1. The van der Waals surface area contributed by atoms with Gasteiger partial charge in [0.05, 0.1) is 11.4 Å². The molecule has 2 aromatic rings. The zero-order chi connectivity index (χ0) is 14.1. The summed E-state index contributed by atoms with van der Waals surface area (Å²) >= 11 is 0. The van der Waals surface area contributed by atoms with Crippen molar-refractivity contribution in [2.75, 3.05) is 18.5 Å². The Balaban J connectivity index is 2.25. The van der Waals surface area contributed by atoms with E-state index >= 15 is 0 Å². The minimum atomic E-state index is 0.0199. The molecule has 3 rings (SSSR count). The lowest BCUT2D eigenvalue weighted by molar-refractivity contribution is -0.116. The molecular formula is C17H16N2O. The van der Waals surface area contributed by atoms with Crippen LogP contribution in [0, 0.1) is 6.92 Å². The molecule has 0 saturated carbocycles. The summed E-state index contributed by atoms with van der Waals surface area (Å²) in [5.41, 5.74) is 5.00. The van der Waals surface area contributed by atoms with Crippen molar-refractivity contribution in [2.45, 2.75) is 6.92 Å². The summed E-state index contributed by atoms with van der Waals surface area (Å²) in [6, 6.07) is 16.1. The number of rotatable bonds is 1. The van der Waals surface area contributed by atoms with E-state index in [9.17, 15) is 4.79 Å². The van der Waals surface area contributed by atoms with Gasteiger partial charge in [-0.05, 0) is 12.5 Å². The lowest BCUT2D eigenvalue weighted by Crippen LogP contribution is -2.28. The highest BCUT2D eigenvalue weighted by molar-refractivity contribution is 6.19. The number of para-hydroxylation sites is 1. The topological polar surface area (TPSA) is 32.7 Å². The quantitative estimate of drug-likeness (QED) is 0.779. The van der Waals surface area contributed by atoms with E-state index in [0.29, 0.717) is 0 Å². The first kappa shape index (κ1) is 12.6. The number of aliphatic imine (C=N–C) groups is 1. The summed E-state index contributed by atoms with van der Waals surface area (Å²) in [6.07, 6.45) is 0. The van der Waals surface area contributed by atoms with Crippen molar-refractivity contribution in [1.29, 1.82) is 0 Å². The number of hydrogen-bond acceptors (Lipinski definition) is 2. The van der Waals surface area contributed by atoms with Crippen LogP contribution in [-0.4, -0.2) is 25.2 Å². The number of amides is 1. The molecule has 0 N–H and O–H groups in total. The molecule has 100 valence electrons. The second-order valence-corrected chi connectivity index (χ2v) is 4.95. The number of carbonyl (C=O) groups excluding carboxylic acids is 1. The lowest BCUT2D eigenvalue weighted by atomic mass is 9.98. The summed E-state index contributed by atoms with van der Waals surface area (Å²) in [6.45, 7) is 2.21. The Bertz CT molecular complexity index is 689. The number of likely N-dealkylation sites (N-methyl/N-ethyl adjacent to an activating group) is 1. The van der Waals surface area contributed by atoms with Crippen LogP contribution in [0.4, 0.5) is 5.69 Å². The van der Waals surface area contributed by atoms with Gasteiger partial charge in [-0.15, -0.1) is 0 Å². The number of aryl methyl sites for hydroxylation is 1. The van der Waals surface area contributed by atoms with Crippen molar-refractivity contribution in [3.05, 3.63) is 65.2 Å². The monoisotopic (exact) mass is 264 g/mol. The van der Waals surface area contributed by atoms with Gasteiger partial charge in [-0.1, -0.05) is 48.5 Å². The second kappa shape index (κ2) is 4.93. The molecule has 0 bridgehead atoms. The summed E-state index contributed by atoms with van der Waals surface area (Å²) in [4.78, 5) is 18.4. The molecule has 0 atom stereocenters. The van der Waals surface area contributed by atoms with Crippen LogP contribution in [0.5, 0.6) is 0 Å². The summed E-state index contributed by atoms with van der Waals surface area (Å²) in [5.74, 6) is 0.0199. The fraction of sp³-hybridized carbons (Fsp3) is 0.176. The zero-order valence-electron chi connectivity index (χ0n) is 11.6. The zero-order valence-corrected chi connectivity index (χ0v) is 11.6. The van der Waals surface area contributed by atoms with Gasteiger partial charge in [0, 0.05) is 18.2 Å². The van der Waals surface area contributed by atoms with Crippen molar-refractivity contribution in [3.63, 3.8) is 0 Å². The molecule has 1 aliphatic rings. The number of fused-ring (bicyclic) bond motifs is 1. The molecule has 0 spiro atoms. The van der Waals surface area contributed by atoms with Crippen molar-refractivity contribution < 1.29 is 4.79 Å². The summed E-state index contributed by atoms with van der Waals surface area (Å²) in [7, 11) is 1.82. The third kappa shape index (κ3) is 2.01. The maximum absolute atomic E-state index is 12.1. The van der Waals surface area contributed by atoms with Gasteiger partial charge in [0.15, 0.2) is 0 Å². The van der Waals surface area contributed by atoms with Crippen molar-refractivity contribution in [1.82, 2.24) is 0 Å². The van der Waals surface area contributed by atoms with Gasteiger partial charge in [0.1, 0.15) is 6.54 Å². The van der Waals surface area contributed by atoms with Crippen LogP contribution in [0.25, 0.3) is 0 Å². The average molecular weight is 264 g/mol. The molecule has 0 fully saturated rings. The molecule has 0 unspecified atom stereocenters. The van der Waals surface area contributed by atoms with E-state index in [4.69, 9.17) is 0 Å². The first-order chi connectivity index (χ1) is 9.68. The normalized spacial score (nSPS) is 14.6. The fourth-order valence-corrected chi connectivity index (χ4v) is 2.60. The standard InChI is InChI=1S/C17H16N2O/c1-12-7-6-10-14-16(13-8-4-3-5-9-13)18-11-15(20)19(2)17(12)14/h3-10H,11H2,1-2H3. The SMILES string of the molecule is Cc1cccc2c1N(C)C(=O)CN=C2c1ccccc1. The molecule has 1 aliphatic heterocycles. The minimum Gasteiger partial charge on any atom is -0.313 e. The molecule has 0 aromatic heterocycles. The third-order valence-corrected chi connectivity index (χ3v) is 3.62. The van der Waals surface area contributed by atoms with Gasteiger partial charge in [-0.2, -0.15) is 0 Å². The van der Waals surface area contributed by atoms with E-state index in [1.54, 1.807) is 4.90 Å². The predicted molar refractivity (Wildman–Crippen MR) is 81.5 cm³/mol. The van der Waals surface area contributed by atoms with Gasteiger partial charge < -0.3 is 4.90 Å². The van der Waals surface area contributed by atoms with Crippen LogP contribution in [-0.2, 0) is 4.79 Å². The average Bonchev–Trinajstić information content (AvgIpc) is 2.59. The van der Waals surface area contributed by atoms with Crippen LogP contribution < -0.4 is 4.90 Å². The largest absolute Gasteiger partial charge is 0.313 e. The van der Waals surface area contributed by atoms with E-state index in [1.807, 2.05) is 62.5 Å². The van der Waals surface area contributed by atoms with Crippen LogP contribution in [0.2, 0.25) is 0 Å². The maximum Gasteiger partial charge on any atom is 0.248 e. The highest BCUT2D eigenvalue weighted by Gasteiger charge is 2.23. The Morgan fingerprint density at radius 3 is 2.55 bits per heavy atom. The molecule has 2 aromatic carbocycles. The number of carbonyl (C=O) groups is 1. The fourth-order valence-electron chi connectivity index (χ4n) is 2.60. The van der Waals surface area contributed by atoms with Crippen molar-refractivity contribution in [3.8, 4) is 0 Å². The van der Waals surface area contributed by atoms with E-state index in [1.165, 1.54) is 0 Å². The smallest absolute Gasteiger partial charge is 0.248 e. The molecule has 0 saturated heterocycles. The van der Waals surface area contributed by atoms with E-state index in [0.717, 1.165) is 28.1 Å². The van der Waals surface area contributed by atoms with Crippen LogP contribution in [0.3, 0.4) is 0 Å². The highest BCUT2D eigenvalue weighted by atomic mass is 16.2. The predicted octanol–water partition coefficient (Wildman–Crippen LogP) is 2.81. The number of nitrogens with zero attached hydrogens (tertiary/aromatic N) is 2. The Morgan fingerprint density at radius 2 is 1.80 bits per heavy atom.